The monoisotopic (exact) mass is 175 g/mol. The van der Waals surface area contributed by atoms with Crippen LogP contribution in [0.1, 0.15) is 6.42 Å². The van der Waals surface area contributed by atoms with E-state index in [1.165, 1.54) is 0 Å². The van der Waals surface area contributed by atoms with E-state index in [1.54, 1.807) is 18.9 Å². The van der Waals surface area contributed by atoms with Crippen LogP contribution in [0.5, 0.6) is 0 Å². The molecule has 0 spiro atoms. The first-order valence-electron chi connectivity index (χ1n) is 3.34. The van der Waals surface area contributed by atoms with Crippen LogP contribution in [-0.4, -0.2) is 32.0 Å². The molecule has 0 heterocycles. The molecule has 0 radical (unpaired) electrons. The molecule has 0 aromatic heterocycles. The van der Waals surface area contributed by atoms with Crippen LogP contribution >= 0.6 is 11.8 Å². The molecule has 0 saturated carbocycles. The van der Waals surface area contributed by atoms with Crippen molar-refractivity contribution < 1.29 is 9.47 Å². The molecule has 0 aromatic rings. The first kappa shape index (κ1) is 10.8. The van der Waals surface area contributed by atoms with E-state index in [0.717, 1.165) is 12.2 Å². The minimum Gasteiger partial charge on any atom is -0.359 e. The number of rotatable bonds is 6. The number of methoxy groups -OCH3 is 1. The number of nitriles is 1. The molecule has 0 aromatic carbocycles. The summed E-state index contributed by atoms with van der Waals surface area (Å²) >= 11 is 1.71. The zero-order chi connectivity index (χ0) is 8.53. The fraction of sp³-hybridized carbons (Fsp3) is 0.857. The van der Waals surface area contributed by atoms with Crippen molar-refractivity contribution in [1.82, 2.24) is 0 Å². The molecular formula is C7H13NO2S. The Bertz CT molecular complexity index is 116. The Morgan fingerprint density at radius 2 is 2.36 bits per heavy atom. The second-order valence-corrected chi connectivity index (χ2v) is 2.96. The molecule has 0 amide bonds. The number of hydrogen-bond acceptors (Lipinski definition) is 4. The van der Waals surface area contributed by atoms with Crippen molar-refractivity contribution in [2.75, 3.05) is 25.9 Å². The maximum Gasteiger partial charge on any atom is 0.148 e. The van der Waals surface area contributed by atoms with Crippen LogP contribution in [0, 0.1) is 11.3 Å². The first-order valence-corrected chi connectivity index (χ1v) is 4.73. The van der Waals surface area contributed by atoms with Gasteiger partial charge in [0.25, 0.3) is 0 Å². The lowest BCUT2D eigenvalue weighted by Gasteiger charge is -2.07. The average Bonchev–Trinajstić information content (AvgIpc) is 2.05. The number of hydrogen-bond donors (Lipinski definition) is 0. The highest BCUT2D eigenvalue weighted by Gasteiger charge is 2.05. The molecule has 0 aliphatic heterocycles. The first-order chi connectivity index (χ1) is 5.35. The molecule has 1 atom stereocenters. The quantitative estimate of drug-likeness (QED) is 0.570. The average molecular weight is 175 g/mol. The van der Waals surface area contributed by atoms with Crippen molar-refractivity contribution >= 4 is 11.8 Å². The summed E-state index contributed by atoms with van der Waals surface area (Å²) in [6.07, 6.45) is 2.45. The largest absolute Gasteiger partial charge is 0.359 e. The van der Waals surface area contributed by atoms with E-state index in [1.807, 2.05) is 6.26 Å². The molecular weight excluding hydrogens is 162 g/mol. The molecule has 3 nitrogen and oxygen atoms in total. The van der Waals surface area contributed by atoms with E-state index in [-0.39, 0.29) is 12.9 Å². The van der Waals surface area contributed by atoms with Gasteiger partial charge in [-0.1, -0.05) is 0 Å². The third kappa shape index (κ3) is 6.17. The Kier molecular flexibility index (Phi) is 7.69. The van der Waals surface area contributed by atoms with Crippen LogP contribution in [0.4, 0.5) is 0 Å². The molecule has 0 saturated heterocycles. The highest BCUT2D eigenvalue weighted by molar-refractivity contribution is 7.98. The molecule has 0 aliphatic rings. The van der Waals surface area contributed by atoms with Crippen molar-refractivity contribution in [3.05, 3.63) is 0 Å². The minimum atomic E-state index is -0.317. The van der Waals surface area contributed by atoms with Gasteiger partial charge >= 0.3 is 0 Å². The maximum absolute atomic E-state index is 8.54. The predicted octanol–water partition coefficient (Wildman–Crippen LogP) is 1.25. The lowest BCUT2D eigenvalue weighted by atomic mass is 10.3. The number of nitrogens with zero attached hydrogens (tertiary/aromatic N) is 1. The van der Waals surface area contributed by atoms with Gasteiger partial charge in [0, 0.05) is 7.11 Å². The summed E-state index contributed by atoms with van der Waals surface area (Å²) in [6, 6.07) is 2.06. The van der Waals surface area contributed by atoms with E-state index in [9.17, 15) is 0 Å². The number of thioether (sulfide) groups is 1. The summed E-state index contributed by atoms with van der Waals surface area (Å²) in [5.74, 6) is 0.946. The van der Waals surface area contributed by atoms with Gasteiger partial charge in [-0.15, -0.1) is 0 Å². The van der Waals surface area contributed by atoms with Gasteiger partial charge in [-0.2, -0.15) is 17.0 Å². The second kappa shape index (κ2) is 7.86. The zero-order valence-corrected chi connectivity index (χ0v) is 7.69. The van der Waals surface area contributed by atoms with Crippen LogP contribution in [0.3, 0.4) is 0 Å². The van der Waals surface area contributed by atoms with Crippen molar-refractivity contribution in [2.24, 2.45) is 0 Å². The molecule has 64 valence electrons. The third-order valence-electron chi connectivity index (χ3n) is 1.12. The maximum atomic E-state index is 8.54. The van der Waals surface area contributed by atoms with Crippen molar-refractivity contribution in [3.63, 3.8) is 0 Å². The van der Waals surface area contributed by atoms with Gasteiger partial charge in [0.1, 0.15) is 12.9 Å². The summed E-state index contributed by atoms with van der Waals surface area (Å²) in [7, 11) is 1.54. The van der Waals surface area contributed by atoms with E-state index >= 15 is 0 Å². The highest BCUT2D eigenvalue weighted by Crippen LogP contribution is 2.03. The second-order valence-electron chi connectivity index (χ2n) is 1.97. The normalized spacial score (nSPS) is 12.5. The van der Waals surface area contributed by atoms with Gasteiger partial charge in [0.15, 0.2) is 0 Å². The lowest BCUT2D eigenvalue weighted by Crippen LogP contribution is -2.12. The highest BCUT2D eigenvalue weighted by atomic mass is 32.2. The molecule has 1 unspecified atom stereocenters. The molecule has 11 heavy (non-hydrogen) atoms. The van der Waals surface area contributed by atoms with Crippen molar-refractivity contribution in [2.45, 2.75) is 12.5 Å². The predicted molar refractivity (Wildman–Crippen MR) is 45.4 cm³/mol. The van der Waals surface area contributed by atoms with Crippen LogP contribution in [0.25, 0.3) is 0 Å². The number of ether oxygens (including phenoxy) is 2. The standard InChI is InChI=1S/C7H13NO2S/c1-9-6-10-7(5-8)3-4-11-2/h7H,3-4,6H2,1-2H3. The lowest BCUT2D eigenvalue weighted by molar-refractivity contribution is -0.0532. The summed E-state index contributed by atoms with van der Waals surface area (Å²) < 4.78 is 9.72. The van der Waals surface area contributed by atoms with Crippen molar-refractivity contribution in [1.29, 1.82) is 5.26 Å². The fourth-order valence-corrected chi connectivity index (χ4v) is 1.01. The Labute approximate surface area is 71.7 Å². The SMILES string of the molecule is COCOC(C#N)CCSC. The van der Waals surface area contributed by atoms with Gasteiger partial charge in [0.05, 0.1) is 6.07 Å². The van der Waals surface area contributed by atoms with Crippen LogP contribution in [0.2, 0.25) is 0 Å². The van der Waals surface area contributed by atoms with E-state index in [0.29, 0.717) is 0 Å². The van der Waals surface area contributed by atoms with Crippen molar-refractivity contribution in [3.8, 4) is 6.07 Å². The van der Waals surface area contributed by atoms with E-state index in [2.05, 4.69) is 10.8 Å². The smallest absolute Gasteiger partial charge is 0.148 e. The van der Waals surface area contributed by atoms with Gasteiger partial charge in [-0.3, -0.25) is 0 Å². The topological polar surface area (TPSA) is 42.2 Å². The Hall–Kier alpha value is -0.240. The third-order valence-corrected chi connectivity index (χ3v) is 1.76. The Morgan fingerprint density at radius 3 is 2.82 bits per heavy atom. The van der Waals surface area contributed by atoms with E-state index < -0.39 is 0 Å². The van der Waals surface area contributed by atoms with Crippen LogP contribution in [-0.2, 0) is 9.47 Å². The van der Waals surface area contributed by atoms with Crippen LogP contribution in [0.15, 0.2) is 0 Å². The summed E-state index contributed by atoms with van der Waals surface area (Å²) in [4.78, 5) is 0. The van der Waals surface area contributed by atoms with E-state index in [4.69, 9.17) is 10.00 Å². The zero-order valence-electron chi connectivity index (χ0n) is 6.87. The Morgan fingerprint density at radius 1 is 1.64 bits per heavy atom. The van der Waals surface area contributed by atoms with Crippen LogP contribution < -0.4 is 0 Å². The summed E-state index contributed by atoms with van der Waals surface area (Å²) in [5.41, 5.74) is 0. The van der Waals surface area contributed by atoms with Gasteiger partial charge in [-0.25, -0.2) is 0 Å². The molecule has 0 fully saturated rings. The molecule has 0 rings (SSSR count). The minimum absolute atomic E-state index is 0.201. The Balaban J connectivity index is 3.35. The summed E-state index contributed by atoms with van der Waals surface area (Å²) in [6.45, 7) is 0.201. The van der Waals surface area contributed by atoms with Gasteiger partial charge < -0.3 is 9.47 Å². The molecule has 0 bridgehead atoms. The summed E-state index contributed by atoms with van der Waals surface area (Å²) in [5, 5.41) is 8.54. The van der Waals surface area contributed by atoms with Gasteiger partial charge in [0.2, 0.25) is 0 Å². The molecule has 0 N–H and O–H groups in total. The van der Waals surface area contributed by atoms with Gasteiger partial charge in [-0.05, 0) is 18.4 Å². The fourth-order valence-electron chi connectivity index (χ4n) is 0.560. The molecule has 4 heteroatoms. The molecule has 0 aliphatic carbocycles.